The Kier molecular flexibility index (Phi) is 1.44. The summed E-state index contributed by atoms with van der Waals surface area (Å²) in [4.78, 5) is 0. The van der Waals surface area contributed by atoms with E-state index < -0.39 is 0 Å². The lowest BCUT2D eigenvalue weighted by atomic mass is 10.5. The quantitative estimate of drug-likeness (QED) is 0.432. The van der Waals surface area contributed by atoms with Crippen LogP contribution in [-0.2, 0) is 0 Å². The van der Waals surface area contributed by atoms with E-state index in [1.807, 2.05) is 0 Å². The smallest absolute Gasteiger partial charge is 0.0903 e. The Labute approximate surface area is 53.0 Å². The molecule has 0 saturated heterocycles. The van der Waals surface area contributed by atoms with E-state index in [2.05, 4.69) is 0 Å². The molecule has 1 aromatic heterocycles. The maximum absolute atomic E-state index is 6.86. The van der Waals surface area contributed by atoms with Crippen LogP contribution in [0.2, 0.25) is 0 Å². The third-order valence-electron chi connectivity index (χ3n) is 1.10. The molecule has 0 fully saturated rings. The van der Waals surface area contributed by atoms with Gasteiger partial charge in [0.05, 0.1) is 12.0 Å². The van der Waals surface area contributed by atoms with Crippen LogP contribution in [0.25, 0.3) is 0 Å². The van der Waals surface area contributed by atoms with Gasteiger partial charge in [0.15, 0.2) is 0 Å². The minimum Gasteiger partial charge on any atom is -0.307 e. The summed E-state index contributed by atoms with van der Waals surface area (Å²) < 4.78 is 1.56. The first-order valence-electron chi connectivity index (χ1n) is 2.56. The number of hydrogen-bond acceptors (Lipinski definition) is 2. The van der Waals surface area contributed by atoms with Crippen molar-refractivity contribution in [1.29, 1.82) is 10.8 Å². The second kappa shape index (κ2) is 2.26. The maximum atomic E-state index is 6.86. The van der Waals surface area contributed by atoms with Crippen molar-refractivity contribution in [2.24, 2.45) is 0 Å². The van der Waals surface area contributed by atoms with Crippen LogP contribution in [0.1, 0.15) is 5.69 Å². The molecule has 0 aliphatic rings. The molecule has 0 unspecified atom stereocenters. The van der Waals surface area contributed by atoms with Gasteiger partial charge in [-0.05, 0) is 12.1 Å². The molecular weight excluding hydrogens is 114 g/mol. The van der Waals surface area contributed by atoms with Crippen molar-refractivity contribution in [2.45, 2.75) is 0 Å². The molecule has 1 heterocycles. The molecule has 1 rings (SSSR count). The third-order valence-corrected chi connectivity index (χ3v) is 1.10. The van der Waals surface area contributed by atoms with Gasteiger partial charge >= 0.3 is 0 Å². The molecule has 3 heteroatoms. The van der Waals surface area contributed by atoms with E-state index in [4.69, 9.17) is 10.8 Å². The lowest BCUT2D eigenvalue weighted by Gasteiger charge is -1.91. The first kappa shape index (κ1) is 5.75. The molecule has 9 heavy (non-hydrogen) atoms. The predicted molar refractivity (Wildman–Crippen MR) is 36.5 cm³/mol. The Morgan fingerprint density at radius 1 is 1.44 bits per heavy atom. The standard InChI is InChI=1S/C6H7N3/c7-4-6-2-1-3-9(6)5-8/h1-5,7-8H. The van der Waals surface area contributed by atoms with E-state index >= 15 is 0 Å². The summed E-state index contributed by atoms with van der Waals surface area (Å²) in [5.41, 5.74) is 0.727. The van der Waals surface area contributed by atoms with Crippen molar-refractivity contribution >= 4 is 12.6 Å². The molecule has 0 atom stereocenters. The lowest BCUT2D eigenvalue weighted by molar-refractivity contribution is 1.16. The molecule has 3 nitrogen and oxygen atoms in total. The largest absolute Gasteiger partial charge is 0.307 e. The molecule has 0 amide bonds. The third kappa shape index (κ3) is 0.887. The topological polar surface area (TPSA) is 52.6 Å². The minimum absolute atomic E-state index is 0.727. The van der Waals surface area contributed by atoms with Gasteiger partial charge in [0, 0.05) is 12.4 Å². The fraction of sp³-hybridized carbons (Fsp3) is 0. The molecular formula is C6H7N3. The van der Waals surface area contributed by atoms with Gasteiger partial charge in [0.1, 0.15) is 0 Å². The fourth-order valence-corrected chi connectivity index (χ4v) is 0.647. The number of hydrogen-bond donors (Lipinski definition) is 2. The van der Waals surface area contributed by atoms with Crippen LogP contribution in [0.4, 0.5) is 0 Å². The molecule has 46 valence electrons. The number of aromatic nitrogens is 1. The van der Waals surface area contributed by atoms with E-state index in [0.717, 1.165) is 5.69 Å². The van der Waals surface area contributed by atoms with E-state index in [1.165, 1.54) is 12.6 Å². The second-order valence-electron chi connectivity index (χ2n) is 1.61. The van der Waals surface area contributed by atoms with Crippen LogP contribution in [0.5, 0.6) is 0 Å². The van der Waals surface area contributed by atoms with Gasteiger partial charge < -0.3 is 9.98 Å². The second-order valence-corrected chi connectivity index (χ2v) is 1.61. The summed E-state index contributed by atoms with van der Waals surface area (Å²) in [5, 5.41) is 13.7. The van der Waals surface area contributed by atoms with Crippen molar-refractivity contribution in [2.75, 3.05) is 0 Å². The van der Waals surface area contributed by atoms with E-state index in [9.17, 15) is 0 Å². The van der Waals surface area contributed by atoms with Gasteiger partial charge in [0.25, 0.3) is 0 Å². The zero-order chi connectivity index (χ0) is 6.69. The molecule has 0 aliphatic heterocycles. The van der Waals surface area contributed by atoms with Gasteiger partial charge in [-0.25, -0.2) is 0 Å². The highest BCUT2D eigenvalue weighted by atomic mass is 15.0. The van der Waals surface area contributed by atoms with Crippen LogP contribution in [0, 0.1) is 10.8 Å². The maximum Gasteiger partial charge on any atom is 0.0903 e. The Bertz CT molecular complexity index is 201. The Hall–Kier alpha value is -1.38. The Morgan fingerprint density at radius 2 is 2.22 bits per heavy atom. The molecule has 2 N–H and O–H groups in total. The number of nitrogens with one attached hydrogen (secondary N) is 2. The van der Waals surface area contributed by atoms with E-state index in [-0.39, 0.29) is 0 Å². The average molecular weight is 121 g/mol. The van der Waals surface area contributed by atoms with Crippen LogP contribution < -0.4 is 0 Å². The summed E-state index contributed by atoms with van der Waals surface area (Å²) >= 11 is 0. The minimum atomic E-state index is 0.727. The van der Waals surface area contributed by atoms with Crippen molar-refractivity contribution in [3.8, 4) is 0 Å². The zero-order valence-electron chi connectivity index (χ0n) is 4.83. The summed E-state index contributed by atoms with van der Waals surface area (Å²) in [7, 11) is 0. The summed E-state index contributed by atoms with van der Waals surface area (Å²) in [6, 6.07) is 3.57. The highest BCUT2D eigenvalue weighted by Crippen LogP contribution is 1.93. The zero-order valence-corrected chi connectivity index (χ0v) is 4.83. The summed E-state index contributed by atoms with van der Waals surface area (Å²) in [5.74, 6) is 0. The Balaban J connectivity index is 3.12. The van der Waals surface area contributed by atoms with Crippen molar-refractivity contribution in [3.05, 3.63) is 24.0 Å². The SMILES string of the molecule is N=Cc1cccn1C=N. The molecule has 1 aromatic rings. The van der Waals surface area contributed by atoms with Crippen LogP contribution in [-0.4, -0.2) is 17.1 Å². The van der Waals surface area contributed by atoms with Gasteiger partial charge in [-0.15, -0.1) is 0 Å². The molecule has 0 aromatic carbocycles. The normalized spacial score (nSPS) is 8.89. The van der Waals surface area contributed by atoms with Gasteiger partial charge in [-0.1, -0.05) is 0 Å². The van der Waals surface area contributed by atoms with Crippen LogP contribution in [0.15, 0.2) is 18.3 Å². The summed E-state index contributed by atoms with van der Waals surface area (Å²) in [6.07, 6.45) is 4.11. The van der Waals surface area contributed by atoms with Crippen LogP contribution >= 0.6 is 0 Å². The fourth-order valence-electron chi connectivity index (χ4n) is 0.647. The van der Waals surface area contributed by atoms with Crippen molar-refractivity contribution in [1.82, 2.24) is 4.57 Å². The summed E-state index contributed by atoms with van der Waals surface area (Å²) in [6.45, 7) is 0. The van der Waals surface area contributed by atoms with E-state index in [0.29, 0.717) is 0 Å². The highest BCUT2D eigenvalue weighted by molar-refractivity contribution is 5.79. The molecule has 0 radical (unpaired) electrons. The van der Waals surface area contributed by atoms with Crippen molar-refractivity contribution in [3.63, 3.8) is 0 Å². The predicted octanol–water partition coefficient (Wildman–Crippen LogP) is 0.941. The van der Waals surface area contributed by atoms with Crippen LogP contribution in [0.3, 0.4) is 0 Å². The lowest BCUT2D eigenvalue weighted by Crippen LogP contribution is -1.96. The first-order valence-corrected chi connectivity index (χ1v) is 2.56. The molecule has 0 aliphatic carbocycles. The molecule has 0 saturated carbocycles. The van der Waals surface area contributed by atoms with Crippen molar-refractivity contribution < 1.29 is 0 Å². The Morgan fingerprint density at radius 3 is 2.67 bits per heavy atom. The highest BCUT2D eigenvalue weighted by Gasteiger charge is 1.89. The van der Waals surface area contributed by atoms with Gasteiger partial charge in [-0.3, -0.25) is 5.41 Å². The molecule has 0 spiro atoms. The first-order chi connectivity index (χ1) is 4.38. The number of nitrogens with zero attached hydrogens (tertiary/aromatic N) is 1. The monoisotopic (exact) mass is 121 g/mol. The van der Waals surface area contributed by atoms with Gasteiger partial charge in [0.2, 0.25) is 0 Å². The van der Waals surface area contributed by atoms with Gasteiger partial charge in [-0.2, -0.15) is 0 Å². The van der Waals surface area contributed by atoms with E-state index in [1.54, 1.807) is 22.9 Å². The molecule has 0 bridgehead atoms. The average Bonchev–Trinajstić information content (AvgIpc) is 2.33. The number of rotatable bonds is 2.